The lowest BCUT2D eigenvalue weighted by Gasteiger charge is -2.32. The number of unbranched alkanes of at least 4 members (excludes halogenated alkanes) is 1. The Morgan fingerprint density at radius 2 is 1.85 bits per heavy atom. The number of anilines is 2. The Hall–Kier alpha value is -2.81. The predicted octanol–water partition coefficient (Wildman–Crippen LogP) is 3.37. The largest absolute Gasteiger partial charge is 0.394 e. The summed E-state index contributed by atoms with van der Waals surface area (Å²) in [4.78, 5) is 18.7. The molecule has 1 saturated heterocycles. The van der Waals surface area contributed by atoms with Crippen molar-refractivity contribution >= 4 is 22.5 Å². The van der Waals surface area contributed by atoms with Gasteiger partial charge < -0.3 is 21.1 Å². The quantitative estimate of drug-likeness (QED) is 0.444. The number of nitrogens with zero attached hydrogens (tertiary/aromatic N) is 5. The van der Waals surface area contributed by atoms with Gasteiger partial charge in [0.05, 0.1) is 29.0 Å². The summed E-state index contributed by atoms with van der Waals surface area (Å²) in [6.45, 7) is 9.43. The highest BCUT2D eigenvalue weighted by molar-refractivity contribution is 5.91. The SMILES string of the molecule is CCCC[C@](C)(CO)Nc1cc(N)nc2cc(-c3ccc(CN4CCN(C)CC4)nc3)cnc12. The van der Waals surface area contributed by atoms with Gasteiger partial charge in [-0.2, -0.15) is 0 Å². The first kappa shape index (κ1) is 24.3. The van der Waals surface area contributed by atoms with Gasteiger partial charge in [-0.25, -0.2) is 4.98 Å². The zero-order valence-electron chi connectivity index (χ0n) is 20.6. The predicted molar refractivity (Wildman–Crippen MR) is 139 cm³/mol. The number of likely N-dealkylation sites (N-methyl/N-ethyl adjacent to an activating group) is 1. The number of aliphatic hydroxyl groups excluding tert-OH is 1. The number of nitrogen functional groups attached to an aromatic ring is 1. The minimum Gasteiger partial charge on any atom is -0.394 e. The number of nitrogens with one attached hydrogen (secondary N) is 1. The van der Waals surface area contributed by atoms with E-state index in [1.165, 1.54) is 0 Å². The highest BCUT2D eigenvalue weighted by atomic mass is 16.3. The van der Waals surface area contributed by atoms with Crippen LogP contribution in [-0.2, 0) is 6.54 Å². The van der Waals surface area contributed by atoms with Gasteiger partial charge in [0, 0.05) is 62.3 Å². The Morgan fingerprint density at radius 3 is 2.53 bits per heavy atom. The number of aromatic nitrogens is 3. The summed E-state index contributed by atoms with van der Waals surface area (Å²) in [7, 11) is 2.17. The van der Waals surface area contributed by atoms with Crippen LogP contribution in [0.2, 0.25) is 0 Å². The van der Waals surface area contributed by atoms with E-state index in [4.69, 9.17) is 15.7 Å². The first-order chi connectivity index (χ1) is 16.4. The Kier molecular flexibility index (Phi) is 7.60. The third-order valence-corrected chi connectivity index (χ3v) is 6.67. The van der Waals surface area contributed by atoms with Crippen molar-refractivity contribution in [1.82, 2.24) is 24.8 Å². The second-order valence-electron chi connectivity index (χ2n) is 9.75. The van der Waals surface area contributed by atoms with Crippen LogP contribution in [-0.4, -0.2) is 75.2 Å². The molecule has 0 bridgehead atoms. The Labute approximate surface area is 202 Å². The van der Waals surface area contributed by atoms with Crippen LogP contribution in [0.5, 0.6) is 0 Å². The maximum atomic E-state index is 10.0. The zero-order valence-corrected chi connectivity index (χ0v) is 20.6. The molecule has 0 unspecified atom stereocenters. The van der Waals surface area contributed by atoms with Crippen LogP contribution < -0.4 is 11.1 Å². The van der Waals surface area contributed by atoms with Crippen molar-refractivity contribution in [1.29, 1.82) is 0 Å². The number of pyridine rings is 3. The number of piperazine rings is 1. The molecule has 0 radical (unpaired) electrons. The van der Waals surface area contributed by atoms with E-state index >= 15 is 0 Å². The monoisotopic (exact) mass is 463 g/mol. The van der Waals surface area contributed by atoms with E-state index in [-0.39, 0.29) is 6.61 Å². The van der Waals surface area contributed by atoms with E-state index in [0.717, 1.165) is 85.5 Å². The lowest BCUT2D eigenvalue weighted by atomic mass is 9.95. The smallest absolute Gasteiger partial charge is 0.126 e. The fraction of sp³-hybridized carbons (Fsp3) is 0.500. The summed E-state index contributed by atoms with van der Waals surface area (Å²) in [6.07, 6.45) is 6.71. The molecule has 0 amide bonds. The molecular formula is C26H37N7O. The van der Waals surface area contributed by atoms with Gasteiger partial charge in [-0.05, 0) is 32.5 Å². The second-order valence-corrected chi connectivity index (χ2v) is 9.75. The molecule has 8 nitrogen and oxygen atoms in total. The Morgan fingerprint density at radius 1 is 1.09 bits per heavy atom. The van der Waals surface area contributed by atoms with Crippen molar-refractivity contribution in [3.8, 4) is 11.1 Å². The first-order valence-corrected chi connectivity index (χ1v) is 12.2. The van der Waals surface area contributed by atoms with Crippen LogP contribution in [0.4, 0.5) is 11.5 Å². The molecule has 182 valence electrons. The van der Waals surface area contributed by atoms with Crippen molar-refractivity contribution in [3.63, 3.8) is 0 Å². The highest BCUT2D eigenvalue weighted by Crippen LogP contribution is 2.30. The Balaban J connectivity index is 1.54. The van der Waals surface area contributed by atoms with Gasteiger partial charge in [-0.3, -0.25) is 14.9 Å². The molecule has 3 aromatic rings. The summed E-state index contributed by atoms with van der Waals surface area (Å²) in [5.41, 5.74) is 11.0. The van der Waals surface area contributed by atoms with Crippen LogP contribution >= 0.6 is 0 Å². The number of fused-ring (bicyclic) bond motifs is 1. The molecule has 4 rings (SSSR count). The molecule has 4 heterocycles. The number of aliphatic hydroxyl groups is 1. The van der Waals surface area contributed by atoms with Gasteiger partial charge in [0.25, 0.3) is 0 Å². The van der Waals surface area contributed by atoms with E-state index in [0.29, 0.717) is 5.82 Å². The van der Waals surface area contributed by atoms with Crippen molar-refractivity contribution in [2.75, 3.05) is 50.9 Å². The molecule has 1 aliphatic heterocycles. The molecule has 4 N–H and O–H groups in total. The van der Waals surface area contributed by atoms with Crippen molar-refractivity contribution in [2.24, 2.45) is 0 Å². The van der Waals surface area contributed by atoms with Gasteiger partial charge in [0.2, 0.25) is 0 Å². The molecule has 0 aromatic carbocycles. The normalized spacial score (nSPS) is 17.1. The van der Waals surface area contributed by atoms with Crippen LogP contribution in [0.15, 0.2) is 36.7 Å². The van der Waals surface area contributed by atoms with Gasteiger partial charge in [0.1, 0.15) is 11.3 Å². The van der Waals surface area contributed by atoms with Crippen molar-refractivity contribution in [3.05, 3.63) is 42.4 Å². The third kappa shape index (κ3) is 5.81. The average Bonchev–Trinajstić information content (AvgIpc) is 2.84. The molecule has 34 heavy (non-hydrogen) atoms. The second kappa shape index (κ2) is 10.6. The van der Waals surface area contributed by atoms with E-state index in [1.54, 1.807) is 6.07 Å². The molecule has 8 heteroatoms. The van der Waals surface area contributed by atoms with Gasteiger partial charge in [0.15, 0.2) is 0 Å². The van der Waals surface area contributed by atoms with Crippen LogP contribution in [0.1, 0.15) is 38.8 Å². The standard InChI is InChI=1S/C26H37N7O/c1-4-5-8-26(2,18-34)31-23-14-24(27)30-22-13-20(16-29-25(22)23)19-6-7-21(28-15-19)17-33-11-9-32(3)10-12-33/h6-7,13-16,34H,4-5,8-12,17-18H2,1-3H3,(H3,27,30,31)/t26-/m1/s1. The van der Waals surface area contributed by atoms with E-state index in [2.05, 4.69) is 46.2 Å². The fourth-order valence-corrected chi connectivity index (χ4v) is 4.38. The summed E-state index contributed by atoms with van der Waals surface area (Å²) >= 11 is 0. The zero-order chi connectivity index (χ0) is 24.1. The van der Waals surface area contributed by atoms with Crippen molar-refractivity contribution < 1.29 is 5.11 Å². The van der Waals surface area contributed by atoms with Gasteiger partial charge >= 0.3 is 0 Å². The molecule has 0 aliphatic carbocycles. The first-order valence-electron chi connectivity index (χ1n) is 12.2. The third-order valence-electron chi connectivity index (χ3n) is 6.67. The van der Waals surface area contributed by atoms with Gasteiger partial charge in [-0.1, -0.05) is 25.8 Å². The van der Waals surface area contributed by atoms with E-state index < -0.39 is 5.54 Å². The molecule has 1 atom stereocenters. The fourth-order valence-electron chi connectivity index (χ4n) is 4.38. The summed E-state index contributed by atoms with van der Waals surface area (Å²) < 4.78 is 0. The molecule has 0 saturated carbocycles. The minimum atomic E-state index is -0.444. The lowest BCUT2D eigenvalue weighted by molar-refractivity contribution is 0.147. The number of rotatable bonds is 9. The molecule has 0 spiro atoms. The summed E-state index contributed by atoms with van der Waals surface area (Å²) in [5.74, 6) is 0.422. The maximum absolute atomic E-state index is 10.0. The highest BCUT2D eigenvalue weighted by Gasteiger charge is 2.24. The molecule has 1 aliphatic rings. The number of hydrogen-bond donors (Lipinski definition) is 3. The minimum absolute atomic E-state index is 0.0287. The molecule has 3 aromatic heterocycles. The molecule has 1 fully saturated rings. The van der Waals surface area contributed by atoms with E-state index in [9.17, 15) is 5.11 Å². The lowest BCUT2D eigenvalue weighted by Crippen LogP contribution is -2.43. The average molecular weight is 464 g/mol. The number of nitrogens with two attached hydrogens (primary N) is 1. The van der Waals surface area contributed by atoms with Crippen LogP contribution in [0.3, 0.4) is 0 Å². The van der Waals surface area contributed by atoms with Gasteiger partial charge in [-0.15, -0.1) is 0 Å². The Bertz CT molecular complexity index is 1100. The van der Waals surface area contributed by atoms with E-state index in [1.807, 2.05) is 25.4 Å². The van der Waals surface area contributed by atoms with Crippen LogP contribution in [0.25, 0.3) is 22.2 Å². The number of hydrogen-bond acceptors (Lipinski definition) is 8. The summed E-state index contributed by atoms with van der Waals surface area (Å²) in [6, 6.07) is 7.99. The summed E-state index contributed by atoms with van der Waals surface area (Å²) in [5, 5.41) is 13.5. The van der Waals surface area contributed by atoms with Crippen LogP contribution in [0, 0.1) is 0 Å². The maximum Gasteiger partial charge on any atom is 0.126 e. The molecular weight excluding hydrogens is 426 g/mol. The topological polar surface area (TPSA) is 103 Å². The van der Waals surface area contributed by atoms with Crippen molar-refractivity contribution in [2.45, 2.75) is 45.2 Å².